The molecule has 0 aromatic rings. The van der Waals surface area contributed by atoms with E-state index >= 15 is 0 Å². The van der Waals surface area contributed by atoms with E-state index in [1.807, 2.05) is 0 Å². The molecule has 0 radical (unpaired) electrons. The van der Waals surface area contributed by atoms with Gasteiger partial charge in [0.1, 0.15) is 0 Å². The molecule has 1 fully saturated rings. The smallest absolute Gasteiger partial charge is 0.223 e. The van der Waals surface area contributed by atoms with Crippen LogP contribution in [0.25, 0.3) is 0 Å². The zero-order valence-electron chi connectivity index (χ0n) is 2.21. The number of thiol groups is 1. The molecule has 1 rings (SSSR count). The van der Waals surface area contributed by atoms with E-state index in [0.717, 1.165) is 0 Å². The van der Waals surface area contributed by atoms with Crippen molar-refractivity contribution in [3.05, 3.63) is 0 Å². The van der Waals surface area contributed by atoms with E-state index in [2.05, 4.69) is 12.6 Å². The highest BCUT2D eigenvalue weighted by atomic mass is 33.2. The van der Waals surface area contributed by atoms with Crippen molar-refractivity contribution in [2.24, 2.45) is 0 Å². The van der Waals surface area contributed by atoms with E-state index < -0.39 is 3.60 Å². The Morgan fingerprint density at radius 3 is 1.80 bits per heavy atom. The summed E-state index contributed by atoms with van der Waals surface area (Å²) in [6.07, 6.45) is 0. The lowest BCUT2D eigenvalue weighted by atomic mass is 11.6. The van der Waals surface area contributed by atoms with Crippen LogP contribution in [-0.2, 0) is 0 Å². The SMILES string of the molecule is OC1(S)SS1. The van der Waals surface area contributed by atoms with Crippen LogP contribution < -0.4 is 0 Å². The topological polar surface area (TPSA) is 20.2 Å². The van der Waals surface area contributed by atoms with Gasteiger partial charge in [0.15, 0.2) is 0 Å². The monoisotopic (exact) mass is 126 g/mol. The van der Waals surface area contributed by atoms with E-state index in [-0.39, 0.29) is 0 Å². The Kier molecular flexibility index (Phi) is 0.829. The van der Waals surface area contributed by atoms with Gasteiger partial charge in [0, 0.05) is 0 Å². The fourth-order valence-electron chi connectivity index (χ4n) is 0.0373. The van der Waals surface area contributed by atoms with Gasteiger partial charge in [0.25, 0.3) is 0 Å². The van der Waals surface area contributed by atoms with E-state index in [4.69, 9.17) is 5.11 Å². The molecule has 5 heavy (non-hydrogen) atoms. The summed E-state index contributed by atoms with van der Waals surface area (Å²) >= 11 is 3.72. The Hall–Kier alpha value is 1.01. The average Bonchev–Trinajstić information content (AvgIpc) is 1.76. The molecule has 0 aliphatic carbocycles. The normalized spacial score (nSPS) is 30.0. The van der Waals surface area contributed by atoms with Crippen molar-refractivity contribution in [3.8, 4) is 0 Å². The molecule has 0 aromatic heterocycles. The van der Waals surface area contributed by atoms with E-state index in [1.165, 1.54) is 21.6 Å². The first-order chi connectivity index (χ1) is 2.21. The van der Waals surface area contributed by atoms with Crippen molar-refractivity contribution in [1.82, 2.24) is 0 Å². The van der Waals surface area contributed by atoms with Crippen molar-refractivity contribution in [3.63, 3.8) is 0 Å². The molecule has 0 saturated carbocycles. The largest absolute Gasteiger partial charge is 0.361 e. The predicted molar refractivity (Wildman–Crippen MR) is 29.1 cm³/mol. The number of hydrogen-bond acceptors (Lipinski definition) is 4. The van der Waals surface area contributed by atoms with Gasteiger partial charge in [-0.3, -0.25) is 0 Å². The summed E-state index contributed by atoms with van der Waals surface area (Å²) in [6, 6.07) is 0. The van der Waals surface area contributed by atoms with Gasteiger partial charge in [-0.15, -0.1) is 12.6 Å². The van der Waals surface area contributed by atoms with Crippen LogP contribution in [0.3, 0.4) is 0 Å². The van der Waals surface area contributed by atoms with Crippen LogP contribution in [-0.4, -0.2) is 8.70 Å². The molecule has 1 aliphatic rings. The Labute approximate surface area is 43.3 Å². The van der Waals surface area contributed by atoms with Crippen LogP contribution >= 0.6 is 34.2 Å². The lowest BCUT2D eigenvalue weighted by Crippen LogP contribution is -1.83. The number of hydrogen-bond donors (Lipinski definition) is 2. The van der Waals surface area contributed by atoms with Crippen LogP contribution in [0.4, 0.5) is 0 Å². The minimum Gasteiger partial charge on any atom is -0.361 e. The fourth-order valence-corrected chi connectivity index (χ4v) is 0.671. The summed E-state index contributed by atoms with van der Waals surface area (Å²) in [5.41, 5.74) is 0. The third-order valence-corrected chi connectivity index (χ3v) is 3.43. The van der Waals surface area contributed by atoms with Crippen molar-refractivity contribution in [1.29, 1.82) is 0 Å². The summed E-state index contributed by atoms with van der Waals surface area (Å²) < 4.78 is -0.722. The Morgan fingerprint density at radius 2 is 1.80 bits per heavy atom. The quantitative estimate of drug-likeness (QED) is 0.218. The van der Waals surface area contributed by atoms with Crippen LogP contribution in [0.5, 0.6) is 0 Å². The number of aliphatic hydroxyl groups is 1. The highest BCUT2D eigenvalue weighted by molar-refractivity contribution is 8.96. The molecule has 0 aromatic carbocycles. The molecule has 1 aliphatic heterocycles. The van der Waals surface area contributed by atoms with Crippen molar-refractivity contribution in [2.45, 2.75) is 3.60 Å². The highest BCUT2D eigenvalue weighted by Crippen LogP contribution is 2.65. The fraction of sp³-hybridized carbons (Fsp3) is 1.00. The van der Waals surface area contributed by atoms with Gasteiger partial charge in [-0.2, -0.15) is 0 Å². The maximum absolute atomic E-state index is 8.42. The Balaban J connectivity index is 2.38. The van der Waals surface area contributed by atoms with Crippen molar-refractivity contribution in [2.75, 3.05) is 0 Å². The first-order valence-corrected chi connectivity index (χ1v) is 3.62. The van der Waals surface area contributed by atoms with Gasteiger partial charge in [-0.25, -0.2) is 0 Å². The molecule has 0 atom stereocenters. The summed E-state index contributed by atoms with van der Waals surface area (Å²) in [7, 11) is 2.72. The summed E-state index contributed by atoms with van der Waals surface area (Å²) in [4.78, 5) is 0. The maximum Gasteiger partial charge on any atom is 0.223 e. The van der Waals surface area contributed by atoms with Crippen LogP contribution in [0, 0.1) is 0 Å². The Morgan fingerprint density at radius 1 is 1.60 bits per heavy atom. The van der Waals surface area contributed by atoms with Gasteiger partial charge in [-0.1, -0.05) is 0 Å². The minimum absolute atomic E-state index is 0.722. The third kappa shape index (κ3) is 1.26. The molecule has 30 valence electrons. The summed E-state index contributed by atoms with van der Waals surface area (Å²) in [5.74, 6) is 0. The lowest BCUT2D eigenvalue weighted by molar-refractivity contribution is 0.330. The van der Waals surface area contributed by atoms with Crippen molar-refractivity contribution < 1.29 is 5.11 Å². The van der Waals surface area contributed by atoms with Crippen LogP contribution in [0.2, 0.25) is 0 Å². The van der Waals surface area contributed by atoms with Gasteiger partial charge >= 0.3 is 0 Å². The highest BCUT2D eigenvalue weighted by Gasteiger charge is 2.39. The zero-order chi connectivity index (χ0) is 3.91. The van der Waals surface area contributed by atoms with E-state index in [1.54, 1.807) is 0 Å². The second kappa shape index (κ2) is 0.992. The lowest BCUT2D eigenvalue weighted by Gasteiger charge is -1.79. The predicted octanol–water partition coefficient (Wildman–Crippen LogP) is 0.915. The molecule has 0 bridgehead atoms. The zero-order valence-corrected chi connectivity index (χ0v) is 4.74. The molecular weight excluding hydrogens is 124 g/mol. The first-order valence-electron chi connectivity index (χ1n) is 1.02. The van der Waals surface area contributed by atoms with Gasteiger partial charge in [0.05, 0.1) is 0 Å². The second-order valence-electron chi connectivity index (χ2n) is 0.715. The molecule has 0 unspecified atom stereocenters. The molecular formula is CH2OS3. The maximum atomic E-state index is 8.42. The van der Waals surface area contributed by atoms with Crippen LogP contribution in [0.15, 0.2) is 0 Å². The third-order valence-electron chi connectivity index (χ3n) is 0.232. The molecule has 4 heteroatoms. The van der Waals surface area contributed by atoms with Crippen LogP contribution in [0.1, 0.15) is 0 Å². The molecule has 1 heterocycles. The minimum atomic E-state index is -0.722. The van der Waals surface area contributed by atoms with Gasteiger partial charge in [0.2, 0.25) is 3.60 Å². The molecule has 1 N–H and O–H groups in total. The Bertz CT molecular complexity index is 44.9. The molecule has 1 saturated heterocycles. The average molecular weight is 126 g/mol. The molecule has 1 nitrogen and oxygen atoms in total. The summed E-state index contributed by atoms with van der Waals surface area (Å²) in [5, 5.41) is 8.42. The van der Waals surface area contributed by atoms with E-state index in [0.29, 0.717) is 0 Å². The van der Waals surface area contributed by atoms with Gasteiger partial charge < -0.3 is 5.11 Å². The van der Waals surface area contributed by atoms with Gasteiger partial charge in [-0.05, 0) is 21.6 Å². The van der Waals surface area contributed by atoms with Crippen molar-refractivity contribution >= 4 is 34.2 Å². The second-order valence-corrected chi connectivity index (χ2v) is 4.74. The first kappa shape index (κ1) is 4.18. The van der Waals surface area contributed by atoms with E-state index in [9.17, 15) is 0 Å². The standard InChI is InChI=1S/CH2OS3/c2-1(3)4-5-1/h2-3H. The molecule has 0 spiro atoms. The number of rotatable bonds is 0. The molecule has 0 amide bonds. The summed E-state index contributed by atoms with van der Waals surface area (Å²) in [6.45, 7) is 0.